The van der Waals surface area contributed by atoms with Crippen molar-refractivity contribution in [1.82, 2.24) is 10.2 Å². The predicted octanol–water partition coefficient (Wildman–Crippen LogP) is 2.96. The van der Waals surface area contributed by atoms with Crippen molar-refractivity contribution in [2.24, 2.45) is 0 Å². The van der Waals surface area contributed by atoms with Crippen LogP contribution in [0.5, 0.6) is 5.75 Å². The Labute approximate surface area is 160 Å². The molecule has 1 saturated heterocycles. The summed E-state index contributed by atoms with van der Waals surface area (Å²) in [6.07, 6.45) is 0.0212. The van der Waals surface area contributed by atoms with Crippen LogP contribution in [0.4, 0.5) is 4.79 Å². The SMILES string of the molecule is CC(C)Oc1ccc2ccccc2c1CNC(=O)N1CCS(=O)(=O)C[C@@H]1C. The fourth-order valence-electron chi connectivity index (χ4n) is 3.43. The van der Waals surface area contributed by atoms with E-state index in [-0.39, 0.29) is 36.2 Å². The van der Waals surface area contributed by atoms with Crippen molar-refractivity contribution in [3.8, 4) is 5.75 Å². The minimum Gasteiger partial charge on any atom is -0.491 e. The van der Waals surface area contributed by atoms with Gasteiger partial charge in [0.1, 0.15) is 5.75 Å². The second-order valence-electron chi connectivity index (χ2n) is 7.25. The predicted molar refractivity (Wildman–Crippen MR) is 107 cm³/mol. The number of hydrogen-bond donors (Lipinski definition) is 1. The number of carbonyl (C=O) groups excluding carboxylic acids is 1. The first-order chi connectivity index (χ1) is 12.8. The summed E-state index contributed by atoms with van der Waals surface area (Å²) in [7, 11) is -3.06. The highest BCUT2D eigenvalue weighted by atomic mass is 32.2. The maximum Gasteiger partial charge on any atom is 0.317 e. The normalized spacial score (nSPS) is 19.3. The molecule has 0 aliphatic carbocycles. The van der Waals surface area contributed by atoms with E-state index in [0.29, 0.717) is 6.54 Å². The Morgan fingerprint density at radius 3 is 2.70 bits per heavy atom. The molecule has 0 spiro atoms. The topological polar surface area (TPSA) is 75.7 Å². The van der Waals surface area contributed by atoms with Gasteiger partial charge in [-0.25, -0.2) is 13.2 Å². The molecule has 1 aliphatic rings. The Morgan fingerprint density at radius 2 is 2.00 bits per heavy atom. The minimum absolute atomic E-state index is 0.0103. The Bertz CT molecular complexity index is 940. The van der Waals surface area contributed by atoms with Crippen molar-refractivity contribution < 1.29 is 17.9 Å². The lowest BCUT2D eigenvalue weighted by Crippen LogP contribution is -2.53. The largest absolute Gasteiger partial charge is 0.491 e. The summed E-state index contributed by atoms with van der Waals surface area (Å²) in [6.45, 7) is 6.24. The lowest BCUT2D eigenvalue weighted by Gasteiger charge is -2.33. The third kappa shape index (κ3) is 4.53. The van der Waals surface area contributed by atoms with E-state index in [2.05, 4.69) is 5.32 Å². The molecule has 2 aromatic rings. The van der Waals surface area contributed by atoms with Gasteiger partial charge in [0.05, 0.1) is 17.6 Å². The van der Waals surface area contributed by atoms with Crippen molar-refractivity contribution in [3.05, 3.63) is 42.0 Å². The van der Waals surface area contributed by atoms with Crippen molar-refractivity contribution in [1.29, 1.82) is 0 Å². The highest BCUT2D eigenvalue weighted by Crippen LogP contribution is 2.29. The Morgan fingerprint density at radius 1 is 1.26 bits per heavy atom. The van der Waals surface area contributed by atoms with Crippen LogP contribution in [0.25, 0.3) is 10.8 Å². The monoisotopic (exact) mass is 390 g/mol. The number of urea groups is 1. The third-order valence-electron chi connectivity index (χ3n) is 4.71. The molecule has 0 radical (unpaired) electrons. The molecule has 1 N–H and O–H groups in total. The second-order valence-corrected chi connectivity index (χ2v) is 9.47. The van der Waals surface area contributed by atoms with E-state index >= 15 is 0 Å². The van der Waals surface area contributed by atoms with Crippen LogP contribution in [0.15, 0.2) is 36.4 Å². The average Bonchev–Trinajstić information content (AvgIpc) is 2.59. The van der Waals surface area contributed by atoms with Gasteiger partial charge >= 0.3 is 6.03 Å². The molecule has 27 heavy (non-hydrogen) atoms. The zero-order valence-corrected chi connectivity index (χ0v) is 16.8. The van der Waals surface area contributed by atoms with Gasteiger partial charge in [-0.05, 0) is 37.6 Å². The van der Waals surface area contributed by atoms with Crippen molar-refractivity contribution in [2.45, 2.75) is 39.5 Å². The number of nitrogens with one attached hydrogen (secondary N) is 1. The molecule has 0 saturated carbocycles. The first-order valence-electron chi connectivity index (χ1n) is 9.19. The standard InChI is InChI=1S/C20H26N2O4S/c1-14(2)26-19-9-8-16-6-4-5-7-17(16)18(19)12-21-20(23)22-10-11-27(24,25)13-15(22)3/h4-9,14-15H,10-13H2,1-3H3,(H,21,23)/t15-/m0/s1. The Kier molecular flexibility index (Phi) is 5.60. The molecule has 2 aromatic carbocycles. The zero-order valence-electron chi connectivity index (χ0n) is 15.9. The number of nitrogens with zero attached hydrogens (tertiary/aromatic N) is 1. The van der Waals surface area contributed by atoms with E-state index in [1.807, 2.05) is 50.2 Å². The van der Waals surface area contributed by atoms with Gasteiger partial charge in [-0.15, -0.1) is 0 Å². The van der Waals surface area contributed by atoms with E-state index in [9.17, 15) is 13.2 Å². The molecule has 0 aromatic heterocycles. The molecule has 1 aliphatic heterocycles. The molecule has 7 heteroatoms. The molecule has 1 heterocycles. The molecule has 1 fully saturated rings. The third-order valence-corrected chi connectivity index (χ3v) is 6.50. The number of benzene rings is 2. The van der Waals surface area contributed by atoms with Gasteiger partial charge in [0.2, 0.25) is 0 Å². The van der Waals surface area contributed by atoms with E-state index < -0.39 is 9.84 Å². The molecule has 6 nitrogen and oxygen atoms in total. The molecule has 1 atom stereocenters. The van der Waals surface area contributed by atoms with Gasteiger partial charge in [-0.2, -0.15) is 0 Å². The number of ether oxygens (including phenoxy) is 1. The highest BCUT2D eigenvalue weighted by molar-refractivity contribution is 7.91. The lowest BCUT2D eigenvalue weighted by molar-refractivity contribution is 0.184. The summed E-state index contributed by atoms with van der Waals surface area (Å²) in [6, 6.07) is 11.3. The number of rotatable bonds is 4. The molecular formula is C20H26N2O4S. The summed E-state index contributed by atoms with van der Waals surface area (Å²) in [4.78, 5) is 14.2. The molecule has 2 amide bonds. The molecular weight excluding hydrogens is 364 g/mol. The van der Waals surface area contributed by atoms with E-state index in [4.69, 9.17) is 4.74 Å². The Hall–Kier alpha value is -2.28. The number of sulfone groups is 1. The number of hydrogen-bond acceptors (Lipinski definition) is 4. The smallest absolute Gasteiger partial charge is 0.317 e. The van der Waals surface area contributed by atoms with Gasteiger partial charge in [0.25, 0.3) is 0 Å². The fraction of sp³-hybridized carbons (Fsp3) is 0.450. The van der Waals surface area contributed by atoms with E-state index in [0.717, 1.165) is 22.1 Å². The molecule has 3 rings (SSSR count). The van der Waals surface area contributed by atoms with Gasteiger partial charge in [-0.1, -0.05) is 30.3 Å². The molecule has 0 bridgehead atoms. The summed E-state index contributed by atoms with van der Waals surface area (Å²) >= 11 is 0. The maximum atomic E-state index is 12.6. The van der Waals surface area contributed by atoms with E-state index in [1.165, 1.54) is 0 Å². The van der Waals surface area contributed by atoms with Crippen LogP contribution < -0.4 is 10.1 Å². The molecule has 146 valence electrons. The first-order valence-corrected chi connectivity index (χ1v) is 11.0. The molecule has 0 unspecified atom stereocenters. The van der Waals surface area contributed by atoms with Crippen LogP contribution >= 0.6 is 0 Å². The lowest BCUT2D eigenvalue weighted by atomic mass is 10.0. The van der Waals surface area contributed by atoms with Crippen molar-refractivity contribution >= 4 is 26.6 Å². The minimum atomic E-state index is -3.06. The summed E-state index contributed by atoms with van der Waals surface area (Å²) < 4.78 is 29.4. The first kappa shape index (κ1) is 19.5. The van der Waals surface area contributed by atoms with Crippen LogP contribution in [0.2, 0.25) is 0 Å². The quantitative estimate of drug-likeness (QED) is 0.871. The van der Waals surface area contributed by atoms with E-state index in [1.54, 1.807) is 11.8 Å². The van der Waals surface area contributed by atoms with Crippen LogP contribution in [-0.4, -0.2) is 49.5 Å². The maximum absolute atomic E-state index is 12.6. The van der Waals surface area contributed by atoms with Gasteiger partial charge < -0.3 is 15.0 Å². The van der Waals surface area contributed by atoms with Crippen LogP contribution in [-0.2, 0) is 16.4 Å². The fourth-order valence-corrected chi connectivity index (χ4v) is 4.98. The van der Waals surface area contributed by atoms with Gasteiger partial charge in [0.15, 0.2) is 9.84 Å². The van der Waals surface area contributed by atoms with Crippen LogP contribution in [0.3, 0.4) is 0 Å². The van der Waals surface area contributed by atoms with Crippen molar-refractivity contribution in [2.75, 3.05) is 18.1 Å². The average molecular weight is 391 g/mol. The number of amides is 2. The number of carbonyl (C=O) groups is 1. The summed E-state index contributed by atoms with van der Waals surface area (Å²) in [5.74, 6) is 0.773. The van der Waals surface area contributed by atoms with Crippen LogP contribution in [0.1, 0.15) is 26.3 Å². The second kappa shape index (κ2) is 7.76. The van der Waals surface area contributed by atoms with Gasteiger partial charge in [0, 0.05) is 24.7 Å². The van der Waals surface area contributed by atoms with Crippen molar-refractivity contribution in [3.63, 3.8) is 0 Å². The van der Waals surface area contributed by atoms with Crippen LogP contribution in [0, 0.1) is 0 Å². The summed E-state index contributed by atoms with van der Waals surface area (Å²) in [5, 5.41) is 5.06. The Balaban J connectivity index is 1.80. The van der Waals surface area contributed by atoms with Gasteiger partial charge in [-0.3, -0.25) is 0 Å². The highest BCUT2D eigenvalue weighted by Gasteiger charge is 2.31. The number of fused-ring (bicyclic) bond motifs is 1. The summed E-state index contributed by atoms with van der Waals surface area (Å²) in [5.41, 5.74) is 0.924. The zero-order chi connectivity index (χ0) is 19.6.